The van der Waals surface area contributed by atoms with Gasteiger partial charge in [0.25, 0.3) is 0 Å². The van der Waals surface area contributed by atoms with Crippen molar-refractivity contribution >= 4 is 41.3 Å². The van der Waals surface area contributed by atoms with E-state index in [2.05, 4.69) is 36.4 Å². The molecule has 2 N–H and O–H groups in total. The molecule has 1 fully saturated rings. The number of nitrogens with one attached hydrogen (secondary N) is 2. The molecule has 1 heterocycles. The van der Waals surface area contributed by atoms with E-state index >= 15 is 0 Å². The summed E-state index contributed by atoms with van der Waals surface area (Å²) >= 11 is 3.77. The monoisotopic (exact) mass is 450 g/mol. The Kier molecular flexibility index (Phi) is 8.95. The highest BCUT2D eigenvalue weighted by Gasteiger charge is 2.41. The van der Waals surface area contributed by atoms with Gasteiger partial charge in [-0.25, -0.2) is 9.18 Å². The van der Waals surface area contributed by atoms with Crippen molar-refractivity contribution in [2.45, 2.75) is 12.5 Å². The Morgan fingerprint density at radius 1 is 1.19 bits per heavy atom. The Bertz CT molecular complexity index is 891. The Balaban J connectivity index is 2.05. The maximum atomic E-state index is 13.9. The van der Waals surface area contributed by atoms with Crippen LogP contribution in [0.1, 0.15) is 16.8 Å². The highest BCUT2D eigenvalue weighted by molar-refractivity contribution is 7.96. The molecule has 1 unspecified atom stereocenters. The predicted octanol–water partition coefficient (Wildman–Crippen LogP) is 1.89. The molecule has 0 bridgehead atoms. The molecule has 0 radical (unpaired) electrons. The van der Waals surface area contributed by atoms with Crippen molar-refractivity contribution in [3.05, 3.63) is 54.9 Å². The molecule has 166 valence electrons. The molecule has 1 aromatic carbocycles. The lowest BCUT2D eigenvalue weighted by molar-refractivity contribution is -0.151. The van der Waals surface area contributed by atoms with Crippen LogP contribution in [0.5, 0.6) is 0 Å². The number of rotatable bonds is 10. The van der Waals surface area contributed by atoms with Crippen LogP contribution in [0.4, 0.5) is 10.1 Å². The zero-order valence-corrected chi connectivity index (χ0v) is 17.5. The molecular formula is C21H23FN2O6S. The van der Waals surface area contributed by atoms with Gasteiger partial charge in [-0.3, -0.25) is 14.4 Å². The maximum Gasteiger partial charge on any atom is 0.338 e. The molecule has 0 aliphatic carbocycles. The topological polar surface area (TPSA) is 111 Å². The summed E-state index contributed by atoms with van der Waals surface area (Å²) < 4.78 is 23.7. The van der Waals surface area contributed by atoms with E-state index in [1.165, 1.54) is 18.2 Å². The average molecular weight is 450 g/mol. The first kappa shape index (κ1) is 24.3. The van der Waals surface area contributed by atoms with Crippen LogP contribution >= 0.6 is 12.6 Å². The Labute approximate surface area is 184 Å². The van der Waals surface area contributed by atoms with Gasteiger partial charge in [-0.2, -0.15) is 0 Å². The largest absolute Gasteiger partial charge is 0.461 e. The van der Waals surface area contributed by atoms with E-state index in [9.17, 15) is 23.6 Å². The minimum Gasteiger partial charge on any atom is -0.461 e. The zero-order valence-electron chi connectivity index (χ0n) is 16.6. The molecule has 2 rings (SSSR count). The summed E-state index contributed by atoms with van der Waals surface area (Å²) in [5.41, 5.74) is -0.00637. The third-order valence-corrected chi connectivity index (χ3v) is 4.83. The van der Waals surface area contributed by atoms with Crippen LogP contribution in [0.2, 0.25) is 0 Å². The number of carbonyl (C=O) groups is 4. The summed E-state index contributed by atoms with van der Waals surface area (Å²) in [6, 6.07) is 2.59. The molecule has 1 saturated heterocycles. The number of benzene rings is 1. The molecule has 1 aliphatic rings. The summed E-state index contributed by atoms with van der Waals surface area (Å²) in [7, 11) is 0. The van der Waals surface area contributed by atoms with Gasteiger partial charge in [0.05, 0.1) is 11.6 Å². The van der Waals surface area contributed by atoms with Gasteiger partial charge in [0, 0.05) is 12.2 Å². The molecule has 0 spiro atoms. The van der Waals surface area contributed by atoms with E-state index < -0.39 is 46.7 Å². The predicted molar refractivity (Wildman–Crippen MR) is 114 cm³/mol. The fourth-order valence-electron chi connectivity index (χ4n) is 3.17. The SMILES string of the molecule is C=CCOC(=O)c1cc(F)cc(NC(=O)C2C[C@@H]([C@H](C(=O)S)C(=O)OCC=C)CN2)c1. The number of amides is 1. The van der Waals surface area contributed by atoms with E-state index in [1.807, 2.05) is 0 Å². The maximum absolute atomic E-state index is 13.9. The summed E-state index contributed by atoms with van der Waals surface area (Å²) in [5.74, 6) is -4.37. The lowest BCUT2D eigenvalue weighted by Crippen LogP contribution is -2.35. The van der Waals surface area contributed by atoms with E-state index in [-0.39, 0.29) is 37.4 Å². The Morgan fingerprint density at radius 2 is 1.87 bits per heavy atom. The molecule has 1 aliphatic heterocycles. The molecule has 1 aromatic rings. The number of hydrogen-bond acceptors (Lipinski definition) is 7. The molecular weight excluding hydrogens is 427 g/mol. The smallest absolute Gasteiger partial charge is 0.338 e. The van der Waals surface area contributed by atoms with Gasteiger partial charge in [-0.1, -0.05) is 25.3 Å². The van der Waals surface area contributed by atoms with Crippen molar-refractivity contribution < 1.29 is 33.0 Å². The number of carbonyl (C=O) groups excluding carboxylic acids is 4. The summed E-state index contributed by atoms with van der Waals surface area (Å²) in [6.07, 6.45) is 2.91. The second-order valence-corrected chi connectivity index (χ2v) is 7.24. The first-order valence-electron chi connectivity index (χ1n) is 9.40. The second-order valence-electron chi connectivity index (χ2n) is 6.80. The van der Waals surface area contributed by atoms with Crippen LogP contribution in [0, 0.1) is 17.7 Å². The number of esters is 2. The first-order valence-corrected chi connectivity index (χ1v) is 9.84. The number of hydrogen-bond donors (Lipinski definition) is 3. The molecule has 1 amide bonds. The summed E-state index contributed by atoms with van der Waals surface area (Å²) in [4.78, 5) is 48.5. The van der Waals surface area contributed by atoms with Crippen LogP contribution in [0.3, 0.4) is 0 Å². The molecule has 0 aromatic heterocycles. The van der Waals surface area contributed by atoms with E-state index in [4.69, 9.17) is 9.47 Å². The lowest BCUT2D eigenvalue weighted by atomic mass is 9.90. The fourth-order valence-corrected chi connectivity index (χ4v) is 3.49. The minimum atomic E-state index is -1.13. The third kappa shape index (κ3) is 6.76. The first-order chi connectivity index (χ1) is 14.8. The van der Waals surface area contributed by atoms with Gasteiger partial charge in [0.15, 0.2) is 5.12 Å². The number of anilines is 1. The second kappa shape index (κ2) is 11.4. The number of ether oxygens (including phenoxy) is 2. The summed E-state index contributed by atoms with van der Waals surface area (Å²) in [6.45, 7) is 6.99. The number of halogens is 1. The molecule has 31 heavy (non-hydrogen) atoms. The van der Waals surface area contributed by atoms with Crippen LogP contribution in [-0.2, 0) is 23.9 Å². The van der Waals surface area contributed by atoms with Gasteiger partial charge in [-0.15, -0.1) is 12.6 Å². The lowest BCUT2D eigenvalue weighted by Gasteiger charge is -2.18. The molecule has 10 heteroatoms. The fraction of sp³-hybridized carbons (Fsp3) is 0.333. The standard InChI is InChI=1S/C21H23FN2O6S/c1-3-5-29-19(26)12-7-14(22)10-15(8-12)24-18(25)16-9-13(11-23-16)17(21(28)31)20(27)30-6-4-2/h3-4,7-8,10,13,16-17,23H,1-2,5-6,9,11H2,(H,24,25)(H,28,31)/t13-,16?,17+/m1/s1. The third-order valence-electron chi connectivity index (χ3n) is 4.55. The van der Waals surface area contributed by atoms with Crippen molar-refractivity contribution in [3.63, 3.8) is 0 Å². The quantitative estimate of drug-likeness (QED) is 0.216. The van der Waals surface area contributed by atoms with Gasteiger partial charge in [-0.05, 0) is 30.5 Å². The van der Waals surface area contributed by atoms with Crippen LogP contribution in [0.15, 0.2) is 43.5 Å². The Morgan fingerprint density at radius 3 is 2.52 bits per heavy atom. The van der Waals surface area contributed by atoms with Crippen molar-refractivity contribution in [1.29, 1.82) is 0 Å². The molecule has 0 saturated carbocycles. The van der Waals surface area contributed by atoms with Gasteiger partial charge < -0.3 is 20.1 Å². The van der Waals surface area contributed by atoms with Gasteiger partial charge in [0.2, 0.25) is 5.91 Å². The van der Waals surface area contributed by atoms with Crippen LogP contribution in [-0.4, -0.2) is 48.8 Å². The van der Waals surface area contributed by atoms with E-state index in [0.717, 1.165) is 12.1 Å². The van der Waals surface area contributed by atoms with Crippen molar-refractivity contribution in [2.24, 2.45) is 11.8 Å². The summed E-state index contributed by atoms with van der Waals surface area (Å²) in [5, 5.41) is 4.80. The minimum absolute atomic E-state index is 0.0370. The van der Waals surface area contributed by atoms with Crippen LogP contribution < -0.4 is 10.6 Å². The average Bonchev–Trinajstić information content (AvgIpc) is 3.19. The van der Waals surface area contributed by atoms with Gasteiger partial charge >= 0.3 is 11.9 Å². The highest BCUT2D eigenvalue weighted by Crippen LogP contribution is 2.27. The number of thiol groups is 1. The van der Waals surface area contributed by atoms with E-state index in [1.54, 1.807) is 0 Å². The molecule has 8 nitrogen and oxygen atoms in total. The van der Waals surface area contributed by atoms with Crippen molar-refractivity contribution in [1.82, 2.24) is 5.32 Å². The zero-order chi connectivity index (χ0) is 23.0. The van der Waals surface area contributed by atoms with Crippen LogP contribution in [0.25, 0.3) is 0 Å². The van der Waals surface area contributed by atoms with E-state index in [0.29, 0.717) is 0 Å². The van der Waals surface area contributed by atoms with Crippen molar-refractivity contribution in [3.8, 4) is 0 Å². The highest BCUT2D eigenvalue weighted by atomic mass is 32.1. The Hall–Kier alpha value is -2.98. The van der Waals surface area contributed by atoms with Gasteiger partial charge in [0.1, 0.15) is 24.9 Å². The molecule has 3 atom stereocenters. The normalized spacial score (nSPS) is 18.5. The van der Waals surface area contributed by atoms with Crippen molar-refractivity contribution in [2.75, 3.05) is 25.1 Å².